The van der Waals surface area contributed by atoms with Gasteiger partial charge in [0.1, 0.15) is 0 Å². The zero-order chi connectivity index (χ0) is 18.0. The lowest BCUT2D eigenvalue weighted by Gasteiger charge is -2.41. The zero-order valence-electron chi connectivity index (χ0n) is 14.2. The number of carbonyl (C=O) groups is 2. The van der Waals surface area contributed by atoms with E-state index in [1.807, 2.05) is 4.90 Å². The number of rotatable bonds is 3. The third-order valence-electron chi connectivity index (χ3n) is 4.89. The van der Waals surface area contributed by atoms with Crippen LogP contribution in [-0.4, -0.2) is 65.3 Å². The van der Waals surface area contributed by atoms with E-state index in [2.05, 4.69) is 5.32 Å². The van der Waals surface area contributed by atoms with Gasteiger partial charge in [-0.1, -0.05) is 0 Å². The van der Waals surface area contributed by atoms with Gasteiger partial charge in [0.05, 0.1) is 11.5 Å². The van der Waals surface area contributed by atoms with Crippen molar-refractivity contribution in [3.63, 3.8) is 0 Å². The predicted octanol–water partition coefficient (Wildman–Crippen LogP) is 0.940. The summed E-state index contributed by atoms with van der Waals surface area (Å²) in [7, 11) is 0. The largest absolute Gasteiger partial charge is 0.337 e. The molecule has 0 aliphatic carbocycles. The molecule has 2 fully saturated rings. The molecule has 134 valence electrons. The number of hydrogen-bond donors (Lipinski definition) is 1. The Labute approximate surface area is 145 Å². The van der Waals surface area contributed by atoms with Crippen molar-refractivity contribution >= 4 is 17.5 Å². The zero-order valence-corrected chi connectivity index (χ0v) is 14.2. The van der Waals surface area contributed by atoms with E-state index in [9.17, 15) is 19.7 Å². The molecular formula is C17H22N4O4. The third-order valence-corrected chi connectivity index (χ3v) is 4.89. The first-order valence-electron chi connectivity index (χ1n) is 8.52. The van der Waals surface area contributed by atoms with Crippen molar-refractivity contribution in [3.05, 3.63) is 39.4 Å². The summed E-state index contributed by atoms with van der Waals surface area (Å²) in [5.41, 5.74) is 0.941. The van der Waals surface area contributed by atoms with Gasteiger partial charge in [0, 0.05) is 49.4 Å². The summed E-state index contributed by atoms with van der Waals surface area (Å²) in [6.07, 6.45) is 1.74. The van der Waals surface area contributed by atoms with E-state index in [4.69, 9.17) is 0 Å². The molecule has 2 amide bonds. The van der Waals surface area contributed by atoms with Crippen LogP contribution in [-0.2, 0) is 4.79 Å². The van der Waals surface area contributed by atoms with Crippen LogP contribution in [0.3, 0.4) is 0 Å². The molecule has 1 unspecified atom stereocenters. The summed E-state index contributed by atoms with van der Waals surface area (Å²) in [6.45, 7) is 4.59. The topological polar surface area (TPSA) is 95.8 Å². The van der Waals surface area contributed by atoms with Crippen molar-refractivity contribution in [2.45, 2.75) is 25.8 Å². The summed E-state index contributed by atoms with van der Waals surface area (Å²) >= 11 is 0. The molecule has 3 rings (SSSR count). The van der Waals surface area contributed by atoms with E-state index in [0.717, 1.165) is 19.4 Å². The highest BCUT2D eigenvalue weighted by Crippen LogP contribution is 2.22. The summed E-state index contributed by atoms with van der Waals surface area (Å²) < 4.78 is 0. The van der Waals surface area contributed by atoms with Crippen molar-refractivity contribution < 1.29 is 14.5 Å². The fourth-order valence-corrected chi connectivity index (χ4v) is 3.58. The van der Waals surface area contributed by atoms with E-state index in [-0.39, 0.29) is 23.5 Å². The third kappa shape index (κ3) is 3.63. The molecule has 2 aliphatic rings. The Kier molecular flexibility index (Phi) is 4.98. The van der Waals surface area contributed by atoms with E-state index in [0.29, 0.717) is 37.3 Å². The molecule has 0 bridgehead atoms. The van der Waals surface area contributed by atoms with Crippen molar-refractivity contribution in [1.29, 1.82) is 0 Å². The number of nitrogens with one attached hydrogen (secondary N) is 1. The molecule has 1 atom stereocenters. The van der Waals surface area contributed by atoms with Gasteiger partial charge in [-0.2, -0.15) is 0 Å². The van der Waals surface area contributed by atoms with Crippen LogP contribution in [0.25, 0.3) is 0 Å². The highest BCUT2D eigenvalue weighted by atomic mass is 16.6. The van der Waals surface area contributed by atoms with Crippen LogP contribution in [0.15, 0.2) is 18.2 Å². The number of hydrogen-bond acceptors (Lipinski definition) is 5. The lowest BCUT2D eigenvalue weighted by Crippen LogP contribution is -2.57. The summed E-state index contributed by atoms with van der Waals surface area (Å²) in [5, 5.41) is 14.0. The molecular weight excluding hydrogens is 324 g/mol. The highest BCUT2D eigenvalue weighted by molar-refractivity contribution is 5.95. The number of piperazine rings is 1. The Morgan fingerprint density at radius 2 is 2.16 bits per heavy atom. The molecule has 1 aromatic rings. The van der Waals surface area contributed by atoms with Crippen LogP contribution in [0, 0.1) is 17.0 Å². The number of nitro benzene ring substituents is 1. The van der Waals surface area contributed by atoms with E-state index >= 15 is 0 Å². The molecule has 1 N–H and O–H groups in total. The smallest absolute Gasteiger partial charge is 0.272 e. The number of nitro groups is 1. The Bertz CT molecular complexity index is 706. The minimum Gasteiger partial charge on any atom is -0.337 e. The lowest BCUT2D eigenvalue weighted by atomic mass is 10.0. The van der Waals surface area contributed by atoms with Crippen LogP contribution in [0.5, 0.6) is 0 Å². The number of piperidine rings is 1. The number of nitrogens with zero attached hydrogens (tertiary/aromatic N) is 3. The Balaban J connectivity index is 1.72. The number of carbonyl (C=O) groups excluding carboxylic acids is 2. The summed E-state index contributed by atoms with van der Waals surface area (Å²) in [4.78, 5) is 39.0. The number of benzene rings is 1. The van der Waals surface area contributed by atoms with Gasteiger partial charge in [0.15, 0.2) is 0 Å². The molecule has 0 spiro atoms. The first-order valence-corrected chi connectivity index (χ1v) is 8.52. The maximum absolute atomic E-state index is 12.8. The Hall–Kier alpha value is -2.48. The second kappa shape index (κ2) is 7.18. The van der Waals surface area contributed by atoms with Gasteiger partial charge in [-0.25, -0.2) is 0 Å². The van der Waals surface area contributed by atoms with Gasteiger partial charge in [-0.3, -0.25) is 19.7 Å². The van der Waals surface area contributed by atoms with Crippen molar-refractivity contribution in [1.82, 2.24) is 15.1 Å². The summed E-state index contributed by atoms with van der Waals surface area (Å²) in [5.74, 6) is -0.0537. The first kappa shape index (κ1) is 17.3. The SMILES string of the molecule is Cc1cc(C(=O)N2CCCC(N3CCNCC3=O)C2)ccc1[N+](=O)[O-]. The molecule has 1 aromatic carbocycles. The van der Waals surface area contributed by atoms with Gasteiger partial charge >= 0.3 is 0 Å². The van der Waals surface area contributed by atoms with Gasteiger partial charge in [0.25, 0.3) is 11.6 Å². The molecule has 2 aliphatic heterocycles. The molecule has 8 nitrogen and oxygen atoms in total. The fraction of sp³-hybridized carbons (Fsp3) is 0.529. The normalized spacial score (nSPS) is 21.3. The molecule has 2 heterocycles. The van der Waals surface area contributed by atoms with Crippen LogP contribution in [0.1, 0.15) is 28.8 Å². The van der Waals surface area contributed by atoms with Gasteiger partial charge in [-0.15, -0.1) is 0 Å². The Morgan fingerprint density at radius 1 is 1.36 bits per heavy atom. The average molecular weight is 346 g/mol. The molecule has 0 aromatic heterocycles. The van der Waals surface area contributed by atoms with Crippen molar-refractivity contribution in [2.75, 3.05) is 32.7 Å². The maximum atomic E-state index is 12.8. The minimum atomic E-state index is -0.448. The van der Waals surface area contributed by atoms with Crippen LogP contribution < -0.4 is 5.32 Å². The van der Waals surface area contributed by atoms with Gasteiger partial charge in [0.2, 0.25) is 5.91 Å². The second-order valence-electron chi connectivity index (χ2n) is 6.57. The summed E-state index contributed by atoms with van der Waals surface area (Å²) in [6, 6.07) is 4.50. The van der Waals surface area contributed by atoms with E-state index < -0.39 is 4.92 Å². The van der Waals surface area contributed by atoms with Gasteiger partial charge in [-0.05, 0) is 31.9 Å². The van der Waals surface area contributed by atoms with Crippen LogP contribution in [0.2, 0.25) is 0 Å². The number of likely N-dealkylation sites (tertiary alicyclic amines) is 1. The molecule has 8 heteroatoms. The van der Waals surface area contributed by atoms with Crippen molar-refractivity contribution in [2.24, 2.45) is 0 Å². The Morgan fingerprint density at radius 3 is 2.84 bits per heavy atom. The van der Waals surface area contributed by atoms with Crippen LogP contribution >= 0.6 is 0 Å². The van der Waals surface area contributed by atoms with Crippen molar-refractivity contribution in [3.8, 4) is 0 Å². The maximum Gasteiger partial charge on any atom is 0.272 e. The standard InChI is InChI=1S/C17H22N4O4/c1-12-9-13(4-5-15(12)21(24)25)17(23)19-7-2-3-14(11-19)20-8-6-18-10-16(20)22/h4-5,9,14,18H,2-3,6-8,10-11H2,1H3. The highest BCUT2D eigenvalue weighted by Gasteiger charge is 2.32. The van der Waals surface area contributed by atoms with Gasteiger partial charge < -0.3 is 15.1 Å². The fourth-order valence-electron chi connectivity index (χ4n) is 3.58. The first-order chi connectivity index (χ1) is 12.0. The molecule has 0 radical (unpaired) electrons. The monoisotopic (exact) mass is 346 g/mol. The molecule has 25 heavy (non-hydrogen) atoms. The average Bonchev–Trinajstić information content (AvgIpc) is 2.61. The quantitative estimate of drug-likeness (QED) is 0.649. The van der Waals surface area contributed by atoms with E-state index in [1.165, 1.54) is 12.1 Å². The lowest BCUT2D eigenvalue weighted by molar-refractivity contribution is -0.385. The number of aryl methyl sites for hydroxylation is 1. The molecule has 0 saturated carbocycles. The van der Waals surface area contributed by atoms with E-state index in [1.54, 1.807) is 17.9 Å². The molecule has 2 saturated heterocycles. The second-order valence-corrected chi connectivity index (χ2v) is 6.57. The predicted molar refractivity (Wildman–Crippen MR) is 91.3 cm³/mol. The number of amides is 2. The minimum absolute atomic E-state index is 0.0134. The van der Waals surface area contributed by atoms with Crippen LogP contribution in [0.4, 0.5) is 5.69 Å².